The first-order valence-corrected chi connectivity index (χ1v) is 7.24. The molecule has 19 heavy (non-hydrogen) atoms. The Morgan fingerprint density at radius 1 is 1.32 bits per heavy atom. The number of para-hydroxylation sites is 2. The number of hydrogen-bond acceptors (Lipinski definition) is 3. The van der Waals surface area contributed by atoms with Crippen LogP contribution in [0.4, 0.5) is 11.4 Å². The second-order valence-electron chi connectivity index (χ2n) is 4.12. The third kappa shape index (κ3) is 3.08. The molecule has 0 fully saturated rings. The molecule has 0 aliphatic heterocycles. The molecular weight excluding hydrogens is 280 g/mol. The highest BCUT2D eigenvalue weighted by atomic mass is 35.5. The Balaban J connectivity index is 2.35. The van der Waals surface area contributed by atoms with E-state index in [1.165, 1.54) is 11.3 Å². The number of thiophene rings is 1. The number of anilines is 2. The van der Waals surface area contributed by atoms with Gasteiger partial charge in [0.2, 0.25) is 0 Å². The van der Waals surface area contributed by atoms with Gasteiger partial charge in [-0.3, -0.25) is 4.79 Å². The summed E-state index contributed by atoms with van der Waals surface area (Å²) < 4.78 is 0.612. The lowest BCUT2D eigenvalue weighted by molar-refractivity contribution is 0.0991. The Morgan fingerprint density at radius 3 is 2.63 bits per heavy atom. The van der Waals surface area contributed by atoms with Crippen molar-refractivity contribution in [3.05, 3.63) is 45.6 Å². The van der Waals surface area contributed by atoms with Gasteiger partial charge in [0.1, 0.15) is 0 Å². The average Bonchev–Trinajstić information content (AvgIpc) is 2.83. The minimum atomic E-state index is -0.0587. The Kier molecular flexibility index (Phi) is 4.45. The van der Waals surface area contributed by atoms with Gasteiger partial charge >= 0.3 is 0 Å². The molecule has 0 spiro atoms. The Morgan fingerprint density at radius 2 is 2.05 bits per heavy atom. The van der Waals surface area contributed by atoms with Crippen LogP contribution in [0, 0.1) is 0 Å². The molecular formula is C14H15ClN2OS. The van der Waals surface area contributed by atoms with E-state index in [9.17, 15) is 4.79 Å². The first-order chi connectivity index (χ1) is 9.13. The van der Waals surface area contributed by atoms with Gasteiger partial charge in [-0.15, -0.1) is 11.3 Å². The van der Waals surface area contributed by atoms with Gasteiger partial charge in [0.25, 0.3) is 5.91 Å². The summed E-state index contributed by atoms with van der Waals surface area (Å²) in [7, 11) is 0. The van der Waals surface area contributed by atoms with E-state index in [4.69, 9.17) is 17.3 Å². The number of benzene rings is 1. The van der Waals surface area contributed by atoms with Gasteiger partial charge in [0.15, 0.2) is 0 Å². The third-order valence-electron chi connectivity index (χ3n) is 2.70. The van der Waals surface area contributed by atoms with Gasteiger partial charge in [-0.25, -0.2) is 0 Å². The summed E-state index contributed by atoms with van der Waals surface area (Å²) in [6.45, 7) is 2.66. The Labute approximate surface area is 121 Å². The van der Waals surface area contributed by atoms with E-state index in [2.05, 4.69) is 0 Å². The van der Waals surface area contributed by atoms with Gasteiger partial charge in [0, 0.05) is 6.54 Å². The molecule has 2 aromatic rings. The van der Waals surface area contributed by atoms with E-state index >= 15 is 0 Å². The summed E-state index contributed by atoms with van der Waals surface area (Å²) in [5.41, 5.74) is 7.31. The molecule has 1 aromatic carbocycles. The second-order valence-corrected chi connectivity index (χ2v) is 5.83. The first-order valence-electron chi connectivity index (χ1n) is 6.05. The molecule has 2 N–H and O–H groups in total. The zero-order chi connectivity index (χ0) is 13.8. The summed E-state index contributed by atoms with van der Waals surface area (Å²) in [6.07, 6.45) is 0.860. The molecule has 0 aliphatic carbocycles. The van der Waals surface area contributed by atoms with E-state index < -0.39 is 0 Å². The van der Waals surface area contributed by atoms with Crippen LogP contribution in [-0.4, -0.2) is 12.5 Å². The van der Waals surface area contributed by atoms with E-state index in [0.717, 1.165) is 12.1 Å². The maximum absolute atomic E-state index is 12.5. The van der Waals surface area contributed by atoms with Crippen molar-refractivity contribution in [3.8, 4) is 0 Å². The van der Waals surface area contributed by atoms with Crippen LogP contribution in [0.25, 0.3) is 0 Å². The molecule has 5 heteroatoms. The predicted octanol–water partition coefficient (Wildman–Crippen LogP) is 4.04. The smallest absolute Gasteiger partial charge is 0.268 e. The molecule has 2 rings (SSSR count). The van der Waals surface area contributed by atoms with Crippen molar-refractivity contribution >= 4 is 40.2 Å². The van der Waals surface area contributed by atoms with E-state index in [0.29, 0.717) is 21.4 Å². The fraction of sp³-hybridized carbons (Fsp3) is 0.214. The SMILES string of the molecule is CCCN(C(=O)c1ccc(Cl)s1)c1ccccc1N. The van der Waals surface area contributed by atoms with Crippen LogP contribution in [0.2, 0.25) is 4.34 Å². The molecule has 1 heterocycles. The number of rotatable bonds is 4. The van der Waals surface area contributed by atoms with Crippen LogP contribution in [0.15, 0.2) is 36.4 Å². The molecule has 3 nitrogen and oxygen atoms in total. The molecule has 0 saturated heterocycles. The van der Waals surface area contributed by atoms with Gasteiger partial charge in [-0.1, -0.05) is 30.7 Å². The summed E-state index contributed by atoms with van der Waals surface area (Å²) in [5, 5.41) is 0. The molecule has 0 aliphatic rings. The fourth-order valence-electron chi connectivity index (χ4n) is 1.85. The maximum atomic E-state index is 12.5. The van der Waals surface area contributed by atoms with Crippen molar-refractivity contribution in [1.82, 2.24) is 0 Å². The lowest BCUT2D eigenvalue weighted by Gasteiger charge is -2.23. The van der Waals surface area contributed by atoms with Crippen LogP contribution in [0.3, 0.4) is 0 Å². The fourth-order valence-corrected chi connectivity index (χ4v) is 2.84. The average molecular weight is 295 g/mol. The topological polar surface area (TPSA) is 46.3 Å². The van der Waals surface area contributed by atoms with Gasteiger partial charge < -0.3 is 10.6 Å². The first kappa shape index (κ1) is 13.9. The van der Waals surface area contributed by atoms with E-state index in [-0.39, 0.29) is 5.91 Å². The van der Waals surface area contributed by atoms with Crippen molar-refractivity contribution < 1.29 is 4.79 Å². The normalized spacial score (nSPS) is 10.4. The van der Waals surface area contributed by atoms with Crippen molar-refractivity contribution in [2.75, 3.05) is 17.2 Å². The number of carbonyl (C=O) groups excluding carboxylic acids is 1. The highest BCUT2D eigenvalue weighted by Crippen LogP contribution is 2.28. The lowest BCUT2D eigenvalue weighted by Crippen LogP contribution is -2.31. The number of nitrogens with two attached hydrogens (primary N) is 1. The van der Waals surface area contributed by atoms with Crippen molar-refractivity contribution in [2.24, 2.45) is 0 Å². The highest BCUT2D eigenvalue weighted by molar-refractivity contribution is 7.18. The monoisotopic (exact) mass is 294 g/mol. The van der Waals surface area contributed by atoms with Crippen molar-refractivity contribution in [1.29, 1.82) is 0 Å². The number of nitrogen functional groups attached to an aromatic ring is 1. The van der Waals surface area contributed by atoms with Crippen LogP contribution < -0.4 is 10.6 Å². The highest BCUT2D eigenvalue weighted by Gasteiger charge is 2.20. The lowest BCUT2D eigenvalue weighted by atomic mass is 10.2. The van der Waals surface area contributed by atoms with Crippen LogP contribution >= 0.6 is 22.9 Å². The molecule has 1 amide bonds. The Bertz CT molecular complexity index is 582. The van der Waals surface area contributed by atoms with Gasteiger partial charge in [-0.05, 0) is 30.7 Å². The number of halogens is 1. The molecule has 1 aromatic heterocycles. The van der Waals surface area contributed by atoms with Crippen molar-refractivity contribution in [2.45, 2.75) is 13.3 Å². The zero-order valence-corrected chi connectivity index (χ0v) is 12.2. The summed E-state index contributed by atoms with van der Waals surface area (Å²) in [6, 6.07) is 10.9. The van der Waals surface area contributed by atoms with Gasteiger partial charge in [-0.2, -0.15) is 0 Å². The number of nitrogens with zero attached hydrogens (tertiary/aromatic N) is 1. The number of amides is 1. The van der Waals surface area contributed by atoms with Crippen LogP contribution in [-0.2, 0) is 0 Å². The second kappa shape index (κ2) is 6.08. The quantitative estimate of drug-likeness (QED) is 0.865. The predicted molar refractivity (Wildman–Crippen MR) is 82.2 cm³/mol. The van der Waals surface area contributed by atoms with Crippen LogP contribution in [0.1, 0.15) is 23.0 Å². The molecule has 100 valence electrons. The number of carbonyl (C=O) groups is 1. The minimum absolute atomic E-state index is 0.0587. The maximum Gasteiger partial charge on any atom is 0.268 e. The molecule has 0 radical (unpaired) electrons. The van der Waals surface area contributed by atoms with E-state index in [1.807, 2.05) is 25.1 Å². The third-order valence-corrected chi connectivity index (χ3v) is 3.92. The standard InChI is InChI=1S/C14H15ClN2OS/c1-2-9-17(11-6-4-3-5-10(11)16)14(18)12-7-8-13(15)19-12/h3-8H,2,9,16H2,1H3. The summed E-state index contributed by atoms with van der Waals surface area (Å²) >= 11 is 7.17. The number of hydrogen-bond donors (Lipinski definition) is 1. The zero-order valence-electron chi connectivity index (χ0n) is 10.6. The van der Waals surface area contributed by atoms with Gasteiger partial charge in [0.05, 0.1) is 20.6 Å². The molecule has 0 unspecified atom stereocenters. The van der Waals surface area contributed by atoms with Crippen molar-refractivity contribution in [3.63, 3.8) is 0 Å². The summed E-state index contributed by atoms with van der Waals surface area (Å²) in [5.74, 6) is -0.0587. The van der Waals surface area contributed by atoms with E-state index in [1.54, 1.807) is 23.1 Å². The largest absolute Gasteiger partial charge is 0.397 e. The van der Waals surface area contributed by atoms with Crippen LogP contribution in [0.5, 0.6) is 0 Å². The molecule has 0 atom stereocenters. The molecule has 0 saturated carbocycles. The summed E-state index contributed by atoms with van der Waals surface area (Å²) in [4.78, 5) is 14.9. The molecule has 0 bridgehead atoms. The Hall–Kier alpha value is -1.52. The minimum Gasteiger partial charge on any atom is -0.397 e.